The quantitative estimate of drug-likeness (QED) is 0.655. The minimum absolute atomic E-state index is 0.108. The lowest BCUT2D eigenvalue weighted by molar-refractivity contribution is 0.0942. The lowest BCUT2D eigenvalue weighted by atomic mass is 10.1. The maximum atomic E-state index is 12.2. The molecule has 1 amide bonds. The third-order valence-corrected chi connectivity index (χ3v) is 3.58. The van der Waals surface area contributed by atoms with Crippen molar-refractivity contribution in [1.82, 2.24) is 10.0 Å². The van der Waals surface area contributed by atoms with Gasteiger partial charge in [-0.2, -0.15) is 0 Å². The lowest BCUT2D eigenvalue weighted by Gasteiger charge is -2.25. The first-order chi connectivity index (χ1) is 9.56. The molecule has 0 spiro atoms. The molecule has 1 rings (SSSR count). The molecule has 0 atom stereocenters. The fourth-order valence-corrected chi connectivity index (χ4v) is 2.96. The zero-order valence-electron chi connectivity index (χ0n) is 12.6. The van der Waals surface area contributed by atoms with Gasteiger partial charge in [-0.3, -0.25) is 4.79 Å². The Kier molecular flexibility index (Phi) is 5.19. The molecule has 8 heteroatoms. The number of nitrogens with one attached hydrogen (secondary N) is 2. The molecular formula is C13H21N3O4S. The second-order valence-corrected chi connectivity index (χ2v) is 7.11. The number of ether oxygens (including phenoxy) is 1. The summed E-state index contributed by atoms with van der Waals surface area (Å²) in [5.41, 5.74) is 5.49. The van der Waals surface area contributed by atoms with Crippen LogP contribution in [0.3, 0.4) is 0 Å². The minimum atomic E-state index is -3.37. The Labute approximate surface area is 124 Å². The van der Waals surface area contributed by atoms with E-state index in [0.717, 1.165) is 6.26 Å². The maximum absolute atomic E-state index is 12.2. The highest BCUT2D eigenvalue weighted by atomic mass is 32.2. The van der Waals surface area contributed by atoms with Gasteiger partial charge in [0.1, 0.15) is 11.3 Å². The number of benzene rings is 1. The molecule has 21 heavy (non-hydrogen) atoms. The van der Waals surface area contributed by atoms with Crippen molar-refractivity contribution in [3.05, 3.63) is 23.8 Å². The summed E-state index contributed by atoms with van der Waals surface area (Å²) in [4.78, 5) is 12.2. The Hall–Kier alpha value is -1.80. The smallest absolute Gasteiger partial charge is 0.257 e. The maximum Gasteiger partial charge on any atom is 0.257 e. The van der Waals surface area contributed by atoms with Gasteiger partial charge in [0.15, 0.2) is 0 Å². The Bertz CT molecular complexity index is 626. The molecule has 4 N–H and O–H groups in total. The zero-order valence-corrected chi connectivity index (χ0v) is 13.4. The molecule has 1 aromatic rings. The Morgan fingerprint density at radius 1 is 1.38 bits per heavy atom. The highest BCUT2D eigenvalue weighted by molar-refractivity contribution is 7.88. The largest absolute Gasteiger partial charge is 0.496 e. The van der Waals surface area contributed by atoms with Gasteiger partial charge in [0.2, 0.25) is 10.0 Å². The van der Waals surface area contributed by atoms with E-state index in [1.165, 1.54) is 7.11 Å². The van der Waals surface area contributed by atoms with Crippen molar-refractivity contribution in [1.29, 1.82) is 0 Å². The van der Waals surface area contributed by atoms with Crippen LogP contribution < -0.4 is 20.5 Å². The van der Waals surface area contributed by atoms with Crippen molar-refractivity contribution in [2.45, 2.75) is 19.4 Å². The molecule has 0 aromatic heterocycles. The van der Waals surface area contributed by atoms with Crippen LogP contribution in [-0.4, -0.2) is 39.8 Å². The number of carbonyl (C=O) groups is 1. The van der Waals surface area contributed by atoms with Crippen LogP contribution >= 0.6 is 0 Å². The topological polar surface area (TPSA) is 111 Å². The Morgan fingerprint density at radius 2 is 2.00 bits per heavy atom. The van der Waals surface area contributed by atoms with Gasteiger partial charge in [-0.1, -0.05) is 6.07 Å². The molecule has 118 valence electrons. The summed E-state index contributed by atoms with van der Waals surface area (Å²) < 4.78 is 30.1. The highest BCUT2D eigenvalue weighted by Gasteiger charge is 2.24. The summed E-state index contributed by atoms with van der Waals surface area (Å²) in [6, 6.07) is 4.91. The molecule has 0 aliphatic carbocycles. The molecule has 0 saturated carbocycles. The van der Waals surface area contributed by atoms with E-state index >= 15 is 0 Å². The van der Waals surface area contributed by atoms with Crippen LogP contribution in [-0.2, 0) is 10.0 Å². The summed E-state index contributed by atoms with van der Waals surface area (Å²) in [6.45, 7) is 3.44. The van der Waals surface area contributed by atoms with E-state index in [0.29, 0.717) is 11.4 Å². The number of rotatable bonds is 6. The van der Waals surface area contributed by atoms with Crippen LogP contribution in [0.25, 0.3) is 0 Å². The van der Waals surface area contributed by atoms with E-state index in [2.05, 4.69) is 10.0 Å². The van der Waals surface area contributed by atoms with E-state index < -0.39 is 21.5 Å². The number of amides is 1. The number of hydrogen-bond donors (Lipinski definition) is 3. The molecular weight excluding hydrogens is 294 g/mol. The average molecular weight is 315 g/mol. The first-order valence-electron chi connectivity index (χ1n) is 6.25. The highest BCUT2D eigenvalue weighted by Crippen LogP contribution is 2.23. The van der Waals surface area contributed by atoms with Crippen LogP contribution in [0, 0.1) is 0 Å². The molecule has 0 bridgehead atoms. The predicted octanol–water partition coefficient (Wildman–Crippen LogP) is 0.335. The fourth-order valence-electron chi connectivity index (χ4n) is 1.89. The van der Waals surface area contributed by atoms with E-state index in [4.69, 9.17) is 10.5 Å². The second kappa shape index (κ2) is 6.31. The van der Waals surface area contributed by atoms with E-state index in [1.54, 1.807) is 32.0 Å². The number of sulfonamides is 1. The fraction of sp³-hybridized carbons (Fsp3) is 0.462. The third-order valence-electron chi connectivity index (χ3n) is 2.66. The van der Waals surface area contributed by atoms with Crippen LogP contribution in [0.5, 0.6) is 5.75 Å². The SMILES string of the molecule is COc1cccc(N)c1C(=O)NCC(C)(C)NS(C)(=O)=O. The van der Waals surface area contributed by atoms with Crippen molar-refractivity contribution in [3.8, 4) is 5.75 Å². The summed E-state index contributed by atoms with van der Waals surface area (Å²) in [5, 5.41) is 2.65. The Balaban J connectivity index is 2.84. The molecule has 0 unspecified atom stereocenters. The predicted molar refractivity (Wildman–Crippen MR) is 81.8 cm³/mol. The monoisotopic (exact) mass is 315 g/mol. The third kappa shape index (κ3) is 5.24. The van der Waals surface area contributed by atoms with Gasteiger partial charge >= 0.3 is 0 Å². The number of carbonyl (C=O) groups excluding carboxylic acids is 1. The van der Waals surface area contributed by atoms with E-state index in [1.807, 2.05) is 0 Å². The van der Waals surface area contributed by atoms with Gasteiger partial charge in [0, 0.05) is 17.8 Å². The van der Waals surface area contributed by atoms with Crippen LogP contribution in [0.15, 0.2) is 18.2 Å². The number of nitrogen functional groups attached to an aromatic ring is 1. The van der Waals surface area contributed by atoms with Crippen molar-refractivity contribution < 1.29 is 17.9 Å². The Morgan fingerprint density at radius 3 is 2.52 bits per heavy atom. The van der Waals surface area contributed by atoms with Gasteiger partial charge in [0.25, 0.3) is 5.91 Å². The van der Waals surface area contributed by atoms with Crippen LogP contribution in [0.4, 0.5) is 5.69 Å². The standard InChI is InChI=1S/C13H21N3O4S/c1-13(2,16-21(4,18)19)8-15-12(17)11-9(14)6-5-7-10(11)20-3/h5-7,16H,8,14H2,1-4H3,(H,15,17). The molecule has 1 aromatic carbocycles. The number of nitrogens with two attached hydrogens (primary N) is 1. The van der Waals surface area contributed by atoms with Crippen molar-refractivity contribution in [2.24, 2.45) is 0 Å². The van der Waals surface area contributed by atoms with E-state index in [-0.39, 0.29) is 12.1 Å². The average Bonchev–Trinajstić information content (AvgIpc) is 2.32. The van der Waals surface area contributed by atoms with Gasteiger partial charge in [-0.25, -0.2) is 13.1 Å². The molecule has 0 saturated heterocycles. The lowest BCUT2D eigenvalue weighted by Crippen LogP contribution is -2.51. The van der Waals surface area contributed by atoms with Crippen molar-refractivity contribution in [2.75, 3.05) is 25.6 Å². The minimum Gasteiger partial charge on any atom is -0.496 e. The van der Waals surface area contributed by atoms with Gasteiger partial charge in [-0.05, 0) is 26.0 Å². The number of anilines is 1. The molecule has 0 aliphatic rings. The molecule has 0 aliphatic heterocycles. The molecule has 7 nitrogen and oxygen atoms in total. The van der Waals surface area contributed by atoms with Gasteiger partial charge in [0.05, 0.1) is 13.4 Å². The van der Waals surface area contributed by atoms with Crippen LogP contribution in [0.1, 0.15) is 24.2 Å². The molecule has 0 fully saturated rings. The zero-order chi connectivity index (χ0) is 16.3. The first kappa shape index (κ1) is 17.3. The van der Waals surface area contributed by atoms with Crippen LogP contribution in [0.2, 0.25) is 0 Å². The summed E-state index contributed by atoms with van der Waals surface area (Å²) in [6.07, 6.45) is 1.06. The second-order valence-electron chi connectivity index (χ2n) is 5.37. The summed E-state index contributed by atoms with van der Waals surface area (Å²) in [5.74, 6) is -0.0605. The first-order valence-corrected chi connectivity index (χ1v) is 8.14. The number of hydrogen-bond acceptors (Lipinski definition) is 5. The van der Waals surface area contributed by atoms with Crippen molar-refractivity contribution in [3.63, 3.8) is 0 Å². The summed E-state index contributed by atoms with van der Waals surface area (Å²) in [7, 11) is -1.92. The van der Waals surface area contributed by atoms with Gasteiger partial charge < -0.3 is 15.8 Å². The number of methoxy groups -OCH3 is 1. The summed E-state index contributed by atoms with van der Waals surface area (Å²) >= 11 is 0. The molecule has 0 heterocycles. The van der Waals surface area contributed by atoms with E-state index in [9.17, 15) is 13.2 Å². The van der Waals surface area contributed by atoms with Gasteiger partial charge in [-0.15, -0.1) is 0 Å². The van der Waals surface area contributed by atoms with Crippen molar-refractivity contribution >= 4 is 21.6 Å². The normalized spacial score (nSPS) is 12.0. The molecule has 0 radical (unpaired) electrons.